The number of imidazole rings is 1. The van der Waals surface area contributed by atoms with Crippen LogP contribution in [-0.4, -0.2) is 47.9 Å². The molecule has 0 amide bonds. The lowest BCUT2D eigenvalue weighted by Crippen LogP contribution is -2.36. The van der Waals surface area contributed by atoms with Crippen molar-refractivity contribution in [2.45, 2.75) is 24.5 Å². The molecule has 1 unspecified atom stereocenters. The van der Waals surface area contributed by atoms with Crippen molar-refractivity contribution in [3.63, 3.8) is 0 Å². The molecule has 0 spiro atoms. The number of hydrogen-bond donors (Lipinski definition) is 1. The van der Waals surface area contributed by atoms with Gasteiger partial charge in [-0.15, -0.1) is 11.3 Å². The fraction of sp³-hybridized carbons (Fsp3) is 0.545. The third-order valence-corrected chi connectivity index (χ3v) is 5.91. The molecule has 1 aliphatic heterocycles. The zero-order valence-corrected chi connectivity index (χ0v) is 12.7. The molecule has 1 fully saturated rings. The van der Waals surface area contributed by atoms with Crippen molar-refractivity contribution < 1.29 is 13.2 Å². The highest BCUT2D eigenvalue weighted by atomic mass is 32.2. The minimum absolute atomic E-state index is 0.0506. The number of aromatic nitrogens is 2. The Hall–Kier alpha value is -1.16. The predicted molar refractivity (Wildman–Crippen MR) is 76.3 cm³/mol. The van der Waals surface area contributed by atoms with Crippen LogP contribution in [0.2, 0.25) is 0 Å². The molecule has 1 atom stereocenters. The Labute approximate surface area is 121 Å². The lowest BCUT2D eigenvalue weighted by molar-refractivity contribution is 0.0752. The summed E-state index contributed by atoms with van der Waals surface area (Å²) in [4.78, 5) is 4.68. The summed E-state index contributed by atoms with van der Waals surface area (Å²) in [7, 11) is -3.67. The Bertz CT molecular complexity index is 721. The number of sulfonamides is 1. The number of nitrogens with zero attached hydrogens (tertiary/aromatic N) is 3. The standard InChI is InChI=1S/C11H16N4O3S2/c1-8-7-14(3-2-5-18-8)20(16,17)10-9(12)13-11-15(10)4-6-19-11/h4,6,8H,2-3,5,7,12H2,1H3. The first-order valence-electron chi connectivity index (χ1n) is 6.33. The van der Waals surface area contributed by atoms with Crippen molar-refractivity contribution in [3.8, 4) is 0 Å². The van der Waals surface area contributed by atoms with Crippen molar-refractivity contribution in [1.82, 2.24) is 13.7 Å². The highest BCUT2D eigenvalue weighted by Crippen LogP contribution is 2.27. The smallest absolute Gasteiger partial charge is 0.262 e. The Kier molecular flexibility index (Phi) is 3.44. The average Bonchev–Trinajstić information content (AvgIpc) is 2.83. The largest absolute Gasteiger partial charge is 0.381 e. The molecule has 2 aromatic rings. The van der Waals surface area contributed by atoms with Crippen molar-refractivity contribution >= 4 is 32.1 Å². The second kappa shape index (κ2) is 4.99. The van der Waals surface area contributed by atoms with Crippen LogP contribution in [0.1, 0.15) is 13.3 Å². The Morgan fingerprint density at radius 3 is 3.15 bits per heavy atom. The average molecular weight is 316 g/mol. The first-order chi connectivity index (χ1) is 9.50. The van der Waals surface area contributed by atoms with Crippen LogP contribution in [0.15, 0.2) is 16.6 Å². The molecule has 0 aromatic carbocycles. The van der Waals surface area contributed by atoms with Crippen LogP contribution in [0.4, 0.5) is 5.82 Å². The number of anilines is 1. The van der Waals surface area contributed by atoms with Crippen molar-refractivity contribution in [3.05, 3.63) is 11.6 Å². The van der Waals surface area contributed by atoms with Gasteiger partial charge in [0, 0.05) is 31.3 Å². The molecule has 3 heterocycles. The first kappa shape index (κ1) is 13.8. The summed E-state index contributed by atoms with van der Waals surface area (Å²) < 4.78 is 34.1. The zero-order chi connectivity index (χ0) is 14.3. The molecule has 1 aliphatic rings. The summed E-state index contributed by atoms with van der Waals surface area (Å²) in [5, 5.41) is 1.84. The number of hydrogen-bond acceptors (Lipinski definition) is 6. The van der Waals surface area contributed by atoms with Crippen LogP contribution in [0.5, 0.6) is 0 Å². The van der Waals surface area contributed by atoms with Crippen LogP contribution < -0.4 is 5.73 Å². The predicted octanol–water partition coefficient (Wildman–Crippen LogP) is 0.777. The zero-order valence-electron chi connectivity index (χ0n) is 11.0. The summed E-state index contributed by atoms with van der Waals surface area (Å²) >= 11 is 1.35. The Balaban J connectivity index is 2.06. The Morgan fingerprint density at radius 1 is 1.55 bits per heavy atom. The van der Waals surface area contributed by atoms with Crippen LogP contribution >= 0.6 is 11.3 Å². The van der Waals surface area contributed by atoms with Crippen LogP contribution in [0.3, 0.4) is 0 Å². The Morgan fingerprint density at radius 2 is 2.35 bits per heavy atom. The molecule has 0 aliphatic carbocycles. The quantitative estimate of drug-likeness (QED) is 0.884. The number of nitrogens with two attached hydrogens (primary N) is 1. The van der Waals surface area contributed by atoms with E-state index in [2.05, 4.69) is 4.98 Å². The van der Waals surface area contributed by atoms with E-state index in [1.54, 1.807) is 11.6 Å². The topological polar surface area (TPSA) is 89.9 Å². The van der Waals surface area contributed by atoms with Gasteiger partial charge in [-0.25, -0.2) is 13.4 Å². The lowest BCUT2D eigenvalue weighted by Gasteiger charge is -2.21. The summed E-state index contributed by atoms with van der Waals surface area (Å²) in [5.74, 6) is 0.0506. The van der Waals surface area contributed by atoms with Gasteiger partial charge in [0.05, 0.1) is 6.10 Å². The molecule has 2 N–H and O–H groups in total. The van der Waals surface area contributed by atoms with Gasteiger partial charge in [0.2, 0.25) is 0 Å². The molecule has 0 saturated carbocycles. The maximum atomic E-state index is 12.8. The summed E-state index contributed by atoms with van der Waals surface area (Å²) in [6.45, 7) is 3.21. The highest BCUT2D eigenvalue weighted by Gasteiger charge is 2.33. The lowest BCUT2D eigenvalue weighted by atomic mass is 10.4. The van der Waals surface area contributed by atoms with E-state index in [-0.39, 0.29) is 16.9 Å². The number of thiazole rings is 1. The number of nitrogen functional groups attached to an aromatic ring is 1. The molecule has 0 bridgehead atoms. The van der Waals surface area contributed by atoms with E-state index in [0.717, 1.165) is 0 Å². The monoisotopic (exact) mass is 316 g/mol. The van der Waals surface area contributed by atoms with Gasteiger partial charge in [-0.05, 0) is 13.3 Å². The van der Waals surface area contributed by atoms with Crippen molar-refractivity contribution in [1.29, 1.82) is 0 Å². The van der Waals surface area contributed by atoms with E-state index in [1.807, 2.05) is 6.92 Å². The molecule has 3 rings (SSSR count). The normalized spacial score (nSPS) is 22.1. The summed E-state index contributed by atoms with van der Waals surface area (Å²) in [6.07, 6.45) is 2.22. The molecule has 1 saturated heterocycles. The summed E-state index contributed by atoms with van der Waals surface area (Å²) in [5.41, 5.74) is 5.80. The van der Waals surface area contributed by atoms with E-state index >= 15 is 0 Å². The number of rotatable bonds is 2. The molecular formula is C11H16N4O3S2. The van der Waals surface area contributed by atoms with E-state index in [1.165, 1.54) is 20.0 Å². The molecule has 9 heteroatoms. The van der Waals surface area contributed by atoms with Crippen molar-refractivity contribution in [2.75, 3.05) is 25.4 Å². The summed E-state index contributed by atoms with van der Waals surface area (Å²) in [6, 6.07) is 0. The van der Waals surface area contributed by atoms with E-state index in [0.29, 0.717) is 31.1 Å². The maximum absolute atomic E-state index is 12.8. The van der Waals surface area contributed by atoms with Gasteiger partial charge in [-0.1, -0.05) is 0 Å². The van der Waals surface area contributed by atoms with Gasteiger partial charge in [0.25, 0.3) is 10.0 Å². The number of ether oxygens (including phenoxy) is 1. The maximum Gasteiger partial charge on any atom is 0.262 e. The third-order valence-electron chi connectivity index (χ3n) is 3.24. The van der Waals surface area contributed by atoms with Gasteiger partial charge < -0.3 is 10.5 Å². The molecule has 20 heavy (non-hydrogen) atoms. The van der Waals surface area contributed by atoms with E-state index in [4.69, 9.17) is 10.5 Å². The van der Waals surface area contributed by atoms with Gasteiger partial charge in [0.15, 0.2) is 15.8 Å². The fourth-order valence-corrected chi connectivity index (χ4v) is 4.84. The van der Waals surface area contributed by atoms with Crippen LogP contribution in [0, 0.1) is 0 Å². The number of fused-ring (bicyclic) bond motifs is 1. The molecule has 0 radical (unpaired) electrons. The molecule has 2 aromatic heterocycles. The SMILES string of the molecule is CC1CN(S(=O)(=O)c2c(N)nc3sccn23)CCCO1. The second-order valence-corrected chi connectivity index (χ2v) is 7.48. The second-order valence-electron chi connectivity index (χ2n) is 4.76. The van der Waals surface area contributed by atoms with Crippen LogP contribution in [0.25, 0.3) is 4.96 Å². The fourth-order valence-electron chi connectivity index (χ4n) is 2.33. The minimum Gasteiger partial charge on any atom is -0.381 e. The van der Waals surface area contributed by atoms with E-state index < -0.39 is 10.0 Å². The molecular weight excluding hydrogens is 300 g/mol. The minimum atomic E-state index is -3.67. The first-order valence-corrected chi connectivity index (χ1v) is 8.65. The van der Waals surface area contributed by atoms with Gasteiger partial charge in [0.1, 0.15) is 0 Å². The van der Waals surface area contributed by atoms with Gasteiger partial charge in [-0.2, -0.15) is 4.31 Å². The third kappa shape index (κ3) is 2.20. The van der Waals surface area contributed by atoms with Gasteiger partial charge in [-0.3, -0.25) is 4.40 Å². The van der Waals surface area contributed by atoms with Crippen LogP contribution in [-0.2, 0) is 14.8 Å². The van der Waals surface area contributed by atoms with E-state index in [9.17, 15) is 8.42 Å². The molecule has 7 nitrogen and oxygen atoms in total. The molecule has 110 valence electrons. The van der Waals surface area contributed by atoms with Crippen molar-refractivity contribution in [2.24, 2.45) is 0 Å². The van der Waals surface area contributed by atoms with Gasteiger partial charge >= 0.3 is 0 Å². The highest BCUT2D eigenvalue weighted by molar-refractivity contribution is 7.89.